The zero-order valence-electron chi connectivity index (χ0n) is 23.7. The van der Waals surface area contributed by atoms with Crippen molar-refractivity contribution >= 4 is 5.78 Å². The molecule has 0 aliphatic carbocycles. The van der Waals surface area contributed by atoms with Gasteiger partial charge in [0.05, 0.1) is 18.3 Å². The Morgan fingerprint density at radius 2 is 1.14 bits per heavy atom. The van der Waals surface area contributed by atoms with E-state index in [9.17, 15) is 4.79 Å². The van der Waals surface area contributed by atoms with Crippen LogP contribution in [0.4, 0.5) is 0 Å². The third kappa shape index (κ3) is 8.28. The van der Waals surface area contributed by atoms with Gasteiger partial charge in [-0.05, 0) is 80.7 Å². The van der Waals surface area contributed by atoms with E-state index in [0.717, 1.165) is 56.3 Å². The van der Waals surface area contributed by atoms with Crippen LogP contribution >= 0.6 is 0 Å². The molecule has 0 aromatic heterocycles. The van der Waals surface area contributed by atoms with Crippen LogP contribution in [0.5, 0.6) is 17.2 Å². The van der Waals surface area contributed by atoms with Gasteiger partial charge in [-0.3, -0.25) is 4.79 Å². The predicted octanol–water partition coefficient (Wildman–Crippen LogP) is 8.77. The quantitative estimate of drug-likeness (QED) is 0.205. The highest BCUT2D eigenvalue weighted by atomic mass is 16.5. The molecule has 0 radical (unpaired) electrons. The third-order valence-electron chi connectivity index (χ3n) is 7.03. The van der Waals surface area contributed by atoms with Gasteiger partial charge in [0.2, 0.25) is 0 Å². The van der Waals surface area contributed by atoms with Crippen molar-refractivity contribution < 1.29 is 19.0 Å². The number of aryl methyl sites for hydroxylation is 2. The van der Waals surface area contributed by atoms with Crippen molar-refractivity contribution in [3.8, 4) is 17.2 Å². The van der Waals surface area contributed by atoms with Crippen LogP contribution in [-0.4, -0.2) is 24.1 Å². The fraction of sp³-hybridized carbons (Fsp3) is 0.594. The van der Waals surface area contributed by atoms with Crippen molar-refractivity contribution in [3.05, 3.63) is 53.1 Å². The van der Waals surface area contributed by atoms with Gasteiger partial charge in [-0.1, -0.05) is 66.7 Å². The second-order valence-electron chi connectivity index (χ2n) is 9.52. The fourth-order valence-corrected chi connectivity index (χ4v) is 4.42. The number of hydrogen-bond acceptors (Lipinski definition) is 4. The maximum Gasteiger partial charge on any atom is 0.170 e. The van der Waals surface area contributed by atoms with Gasteiger partial charge in [-0.15, -0.1) is 0 Å². The molecular formula is C32H48O4. The molecule has 200 valence electrons. The minimum Gasteiger partial charge on any atom is -0.490 e. The van der Waals surface area contributed by atoms with E-state index < -0.39 is 0 Å². The number of rotatable bonds is 17. The maximum atomic E-state index is 13.8. The monoisotopic (exact) mass is 496 g/mol. The van der Waals surface area contributed by atoms with Gasteiger partial charge in [0.25, 0.3) is 0 Å². The minimum absolute atomic E-state index is 0.0490. The first-order chi connectivity index (χ1) is 17.4. The molecule has 0 fully saturated rings. The van der Waals surface area contributed by atoms with Gasteiger partial charge in [0, 0.05) is 6.42 Å². The Labute approximate surface area is 219 Å². The lowest BCUT2D eigenvalue weighted by Crippen LogP contribution is -2.19. The van der Waals surface area contributed by atoms with E-state index in [2.05, 4.69) is 66.7 Å². The Balaban J connectivity index is 2.38. The molecule has 4 heteroatoms. The van der Waals surface area contributed by atoms with Crippen molar-refractivity contribution in [1.29, 1.82) is 0 Å². The Morgan fingerprint density at radius 3 is 1.58 bits per heavy atom. The lowest BCUT2D eigenvalue weighted by Gasteiger charge is -2.23. The smallest absolute Gasteiger partial charge is 0.170 e. The average Bonchev–Trinajstić information content (AvgIpc) is 2.92. The summed E-state index contributed by atoms with van der Waals surface area (Å²) in [5, 5.41) is 0. The molecule has 0 atom stereocenters. The lowest BCUT2D eigenvalue weighted by atomic mass is 9.98. The fourth-order valence-electron chi connectivity index (χ4n) is 4.42. The Kier molecular flexibility index (Phi) is 12.9. The summed E-state index contributed by atoms with van der Waals surface area (Å²) in [7, 11) is 0. The van der Waals surface area contributed by atoms with Crippen LogP contribution in [0.1, 0.15) is 115 Å². The number of hydrogen-bond donors (Lipinski definition) is 0. The summed E-state index contributed by atoms with van der Waals surface area (Å²) >= 11 is 0. The van der Waals surface area contributed by atoms with Crippen LogP contribution in [0.15, 0.2) is 36.4 Å². The topological polar surface area (TPSA) is 44.8 Å². The summed E-state index contributed by atoms with van der Waals surface area (Å²) in [6.07, 6.45) is 7.74. The molecule has 0 bridgehead atoms. The van der Waals surface area contributed by atoms with Crippen LogP contribution in [0, 0.1) is 0 Å². The summed E-state index contributed by atoms with van der Waals surface area (Å²) in [4.78, 5) is 13.8. The number of benzene rings is 2. The van der Waals surface area contributed by atoms with Crippen LogP contribution in [0.25, 0.3) is 0 Å². The Hall–Kier alpha value is -2.49. The highest BCUT2D eigenvalue weighted by Gasteiger charge is 2.23. The number of ketones is 1. The highest BCUT2D eigenvalue weighted by Crippen LogP contribution is 2.34. The molecule has 2 rings (SSSR count). The summed E-state index contributed by atoms with van der Waals surface area (Å²) in [5.41, 5.74) is 2.92. The number of carbonyl (C=O) groups excluding carboxylic acids is 1. The summed E-state index contributed by atoms with van der Waals surface area (Å²) in [6.45, 7) is 14.9. The molecule has 2 aromatic rings. The first-order valence-electron chi connectivity index (χ1n) is 14.2. The van der Waals surface area contributed by atoms with E-state index in [4.69, 9.17) is 14.2 Å². The molecular weight excluding hydrogens is 448 g/mol. The maximum absolute atomic E-state index is 13.8. The standard InChI is InChI=1S/C32H48O4/c1-8-23-18-21-29(34-25(9-2)10-3)24(22-23)19-20-28(33)32-30(35-26(11-4)12-5)16-15-17-31(32)36-27(13-6)14-7/h15-18,21-22,25-27H,8-14,19-20H2,1-7H3. The number of Topliss-reactive ketones (excluding diaryl/α,β-unsaturated/α-hetero) is 1. The molecule has 0 spiro atoms. The van der Waals surface area contributed by atoms with Crippen LogP contribution in [-0.2, 0) is 12.8 Å². The van der Waals surface area contributed by atoms with E-state index >= 15 is 0 Å². The number of ether oxygens (including phenoxy) is 3. The number of carbonyl (C=O) groups is 1. The van der Waals surface area contributed by atoms with Gasteiger partial charge in [-0.25, -0.2) is 0 Å². The predicted molar refractivity (Wildman–Crippen MR) is 150 cm³/mol. The van der Waals surface area contributed by atoms with E-state index in [0.29, 0.717) is 29.9 Å². The van der Waals surface area contributed by atoms with Gasteiger partial charge in [0.1, 0.15) is 22.8 Å². The van der Waals surface area contributed by atoms with Crippen LogP contribution in [0.3, 0.4) is 0 Å². The van der Waals surface area contributed by atoms with E-state index in [1.807, 2.05) is 18.2 Å². The van der Waals surface area contributed by atoms with E-state index in [-0.39, 0.29) is 24.1 Å². The second-order valence-corrected chi connectivity index (χ2v) is 9.52. The molecule has 0 heterocycles. The van der Waals surface area contributed by atoms with Crippen molar-refractivity contribution in [2.24, 2.45) is 0 Å². The van der Waals surface area contributed by atoms with Gasteiger partial charge >= 0.3 is 0 Å². The summed E-state index contributed by atoms with van der Waals surface area (Å²) in [5.74, 6) is 2.21. The average molecular weight is 497 g/mol. The zero-order valence-corrected chi connectivity index (χ0v) is 23.7. The molecule has 0 amide bonds. The van der Waals surface area contributed by atoms with Crippen LogP contribution in [0.2, 0.25) is 0 Å². The van der Waals surface area contributed by atoms with Gasteiger partial charge in [0.15, 0.2) is 5.78 Å². The SMILES string of the molecule is CCc1ccc(OC(CC)CC)c(CCC(=O)c2c(OC(CC)CC)cccc2OC(CC)CC)c1. The van der Waals surface area contributed by atoms with E-state index in [1.54, 1.807) is 0 Å². The van der Waals surface area contributed by atoms with Crippen LogP contribution < -0.4 is 14.2 Å². The summed E-state index contributed by atoms with van der Waals surface area (Å²) < 4.78 is 19.0. The molecule has 4 nitrogen and oxygen atoms in total. The van der Waals surface area contributed by atoms with Crippen molar-refractivity contribution in [2.75, 3.05) is 0 Å². The molecule has 0 saturated carbocycles. The molecule has 36 heavy (non-hydrogen) atoms. The third-order valence-corrected chi connectivity index (χ3v) is 7.03. The highest BCUT2D eigenvalue weighted by molar-refractivity contribution is 6.01. The Bertz CT molecular complexity index is 891. The first-order valence-corrected chi connectivity index (χ1v) is 14.2. The van der Waals surface area contributed by atoms with Crippen molar-refractivity contribution in [3.63, 3.8) is 0 Å². The molecule has 0 saturated heterocycles. The van der Waals surface area contributed by atoms with Crippen molar-refractivity contribution in [1.82, 2.24) is 0 Å². The minimum atomic E-state index is 0.0490. The normalized spacial score (nSPS) is 11.4. The van der Waals surface area contributed by atoms with Gasteiger partial charge in [-0.2, -0.15) is 0 Å². The molecule has 2 aromatic carbocycles. The largest absolute Gasteiger partial charge is 0.490 e. The van der Waals surface area contributed by atoms with Gasteiger partial charge < -0.3 is 14.2 Å². The molecule has 0 aliphatic heterocycles. The molecule has 0 N–H and O–H groups in total. The summed E-state index contributed by atoms with van der Waals surface area (Å²) in [6, 6.07) is 12.1. The second kappa shape index (κ2) is 15.6. The van der Waals surface area contributed by atoms with E-state index in [1.165, 1.54) is 5.56 Å². The van der Waals surface area contributed by atoms with Crippen molar-refractivity contribution in [2.45, 2.75) is 125 Å². The Morgan fingerprint density at radius 1 is 0.667 bits per heavy atom. The lowest BCUT2D eigenvalue weighted by molar-refractivity contribution is 0.0964. The zero-order chi connectivity index (χ0) is 26.5. The molecule has 0 aliphatic rings. The molecule has 0 unspecified atom stereocenters. The first kappa shape index (κ1) is 29.7.